The Morgan fingerprint density at radius 1 is 1.14 bits per heavy atom. The second-order valence-electron chi connectivity index (χ2n) is 5.47. The first-order chi connectivity index (χ1) is 13.7. The largest absolute Gasteiger partial charge is 0.451 e. The summed E-state index contributed by atoms with van der Waals surface area (Å²) in [6.07, 6.45) is 0. The zero-order valence-corrected chi connectivity index (χ0v) is 16.3. The van der Waals surface area contributed by atoms with Gasteiger partial charge in [-0.25, -0.2) is 9.78 Å². The Morgan fingerprint density at radius 3 is 2.68 bits per heavy atom. The van der Waals surface area contributed by atoms with Crippen LogP contribution >= 0.6 is 23.1 Å². The molecule has 0 aliphatic carbocycles. The molecule has 0 radical (unpaired) electrons. The average molecular weight is 409 g/mol. The minimum Gasteiger partial charge on any atom is -0.451 e. The average Bonchev–Trinajstić information content (AvgIpc) is 3.22. The number of thiazole rings is 1. The van der Waals surface area contributed by atoms with E-state index in [-0.39, 0.29) is 11.4 Å². The first kappa shape index (κ1) is 19.6. The van der Waals surface area contributed by atoms with Crippen LogP contribution in [0, 0.1) is 11.3 Å². The Balaban J connectivity index is 1.56. The van der Waals surface area contributed by atoms with Crippen molar-refractivity contribution in [2.45, 2.75) is 4.90 Å². The predicted octanol–water partition coefficient (Wildman–Crippen LogP) is 4.22. The third-order valence-corrected chi connectivity index (χ3v) is 5.35. The molecule has 8 heteroatoms. The van der Waals surface area contributed by atoms with E-state index in [2.05, 4.69) is 10.3 Å². The van der Waals surface area contributed by atoms with E-state index in [4.69, 9.17) is 10.00 Å². The summed E-state index contributed by atoms with van der Waals surface area (Å²) >= 11 is 2.65. The topological polar surface area (TPSA) is 92.1 Å². The van der Waals surface area contributed by atoms with Gasteiger partial charge in [-0.2, -0.15) is 5.26 Å². The molecule has 1 aromatic heterocycles. The number of anilines is 1. The van der Waals surface area contributed by atoms with E-state index in [1.54, 1.807) is 17.5 Å². The summed E-state index contributed by atoms with van der Waals surface area (Å²) in [5, 5.41) is 13.7. The maximum Gasteiger partial charge on any atom is 0.358 e. The Morgan fingerprint density at radius 2 is 1.89 bits per heavy atom. The lowest BCUT2D eigenvalue weighted by Gasteiger charge is -2.09. The Hall–Kier alpha value is -3.15. The number of nitrogens with one attached hydrogen (secondary N) is 1. The molecule has 0 spiro atoms. The summed E-state index contributed by atoms with van der Waals surface area (Å²) in [5.74, 6) is -0.840. The number of carbonyl (C=O) groups excluding carboxylic acids is 2. The van der Waals surface area contributed by atoms with Crippen molar-refractivity contribution in [2.75, 3.05) is 17.7 Å². The SMILES string of the molecule is N#CCSc1ccccc1NC(=O)COC(=O)c1csc(-c2ccccc2)n1. The summed E-state index contributed by atoms with van der Waals surface area (Å²) in [6.45, 7) is -0.422. The fourth-order valence-corrected chi connectivity index (χ4v) is 3.74. The van der Waals surface area contributed by atoms with E-state index < -0.39 is 18.5 Å². The van der Waals surface area contributed by atoms with Gasteiger partial charge in [-0.15, -0.1) is 23.1 Å². The van der Waals surface area contributed by atoms with Gasteiger partial charge in [-0.3, -0.25) is 4.79 Å². The second kappa shape index (κ2) is 9.69. The van der Waals surface area contributed by atoms with Crippen LogP contribution in [0.3, 0.4) is 0 Å². The maximum absolute atomic E-state index is 12.2. The van der Waals surface area contributed by atoms with Gasteiger partial charge in [0.2, 0.25) is 0 Å². The number of ether oxygens (including phenoxy) is 1. The lowest BCUT2D eigenvalue weighted by molar-refractivity contribution is -0.119. The van der Waals surface area contributed by atoms with E-state index >= 15 is 0 Å². The van der Waals surface area contributed by atoms with Gasteiger partial charge in [-0.05, 0) is 12.1 Å². The van der Waals surface area contributed by atoms with Crippen LogP contribution < -0.4 is 5.32 Å². The highest BCUT2D eigenvalue weighted by Gasteiger charge is 2.15. The number of nitriles is 1. The second-order valence-corrected chi connectivity index (χ2v) is 7.35. The normalized spacial score (nSPS) is 10.1. The predicted molar refractivity (Wildman–Crippen MR) is 109 cm³/mol. The Bertz CT molecular complexity index is 1010. The number of benzene rings is 2. The molecular weight excluding hydrogens is 394 g/mol. The van der Waals surface area contributed by atoms with Crippen molar-refractivity contribution < 1.29 is 14.3 Å². The number of carbonyl (C=O) groups is 2. The highest BCUT2D eigenvalue weighted by molar-refractivity contribution is 7.99. The standard InChI is InChI=1S/C20H15N3O3S2/c21-10-11-27-17-9-5-4-8-15(17)22-18(24)12-26-20(25)16-13-28-19(23-16)14-6-2-1-3-7-14/h1-9,13H,11-12H2,(H,22,24). The van der Waals surface area contributed by atoms with E-state index in [9.17, 15) is 9.59 Å². The summed E-state index contributed by atoms with van der Waals surface area (Å²) in [5.41, 5.74) is 1.65. The first-order valence-electron chi connectivity index (χ1n) is 8.24. The van der Waals surface area contributed by atoms with Crippen LogP contribution in [0.25, 0.3) is 10.6 Å². The number of nitrogens with zero attached hydrogens (tertiary/aromatic N) is 2. The van der Waals surface area contributed by atoms with Crippen LogP contribution in [0.5, 0.6) is 0 Å². The van der Waals surface area contributed by atoms with E-state index in [1.807, 2.05) is 48.5 Å². The van der Waals surface area contributed by atoms with Gasteiger partial charge >= 0.3 is 5.97 Å². The molecule has 0 unspecified atom stereocenters. The van der Waals surface area contributed by atoms with Gasteiger partial charge in [0.05, 0.1) is 17.5 Å². The molecule has 6 nitrogen and oxygen atoms in total. The molecular formula is C20H15N3O3S2. The van der Waals surface area contributed by atoms with Crippen LogP contribution in [0.15, 0.2) is 64.9 Å². The number of aromatic nitrogens is 1. The molecule has 2 aromatic carbocycles. The molecule has 28 heavy (non-hydrogen) atoms. The summed E-state index contributed by atoms with van der Waals surface area (Å²) < 4.78 is 5.07. The monoisotopic (exact) mass is 409 g/mol. The molecule has 1 amide bonds. The minimum atomic E-state index is -0.652. The summed E-state index contributed by atoms with van der Waals surface area (Å²) in [4.78, 5) is 29.3. The number of para-hydroxylation sites is 1. The summed E-state index contributed by atoms with van der Waals surface area (Å²) in [7, 11) is 0. The summed E-state index contributed by atoms with van der Waals surface area (Å²) in [6, 6.07) is 18.7. The van der Waals surface area contributed by atoms with Gasteiger partial charge < -0.3 is 10.1 Å². The van der Waals surface area contributed by atoms with Crippen LogP contribution in [0.1, 0.15) is 10.5 Å². The number of thioether (sulfide) groups is 1. The highest BCUT2D eigenvalue weighted by atomic mass is 32.2. The lowest BCUT2D eigenvalue weighted by atomic mass is 10.2. The van der Waals surface area contributed by atoms with Gasteiger partial charge in [0.1, 0.15) is 5.01 Å². The molecule has 0 fully saturated rings. The van der Waals surface area contributed by atoms with Crippen LogP contribution in [0.4, 0.5) is 5.69 Å². The fraction of sp³-hybridized carbons (Fsp3) is 0.100. The molecule has 0 atom stereocenters. The van der Waals surface area contributed by atoms with E-state index in [1.165, 1.54) is 23.1 Å². The van der Waals surface area contributed by atoms with Crippen molar-refractivity contribution in [3.63, 3.8) is 0 Å². The van der Waals surface area contributed by atoms with Crippen LogP contribution in [-0.4, -0.2) is 29.2 Å². The van der Waals surface area contributed by atoms with E-state index in [0.717, 1.165) is 10.5 Å². The Labute approximate surface area is 170 Å². The number of esters is 1. The van der Waals surface area contributed by atoms with Crippen molar-refractivity contribution >= 4 is 40.7 Å². The smallest absolute Gasteiger partial charge is 0.358 e. The van der Waals surface area contributed by atoms with Crippen molar-refractivity contribution in [3.8, 4) is 16.6 Å². The molecule has 140 valence electrons. The number of hydrogen-bond donors (Lipinski definition) is 1. The van der Waals surface area contributed by atoms with Gasteiger partial charge in [-0.1, -0.05) is 42.5 Å². The Kier molecular flexibility index (Phi) is 6.78. The molecule has 0 saturated carbocycles. The lowest BCUT2D eigenvalue weighted by Crippen LogP contribution is -2.21. The minimum absolute atomic E-state index is 0.168. The molecule has 3 aromatic rings. The van der Waals surface area contributed by atoms with Gasteiger partial charge in [0.15, 0.2) is 12.3 Å². The maximum atomic E-state index is 12.2. The quantitative estimate of drug-likeness (QED) is 0.464. The number of rotatable bonds is 7. The van der Waals surface area contributed by atoms with Crippen LogP contribution in [0.2, 0.25) is 0 Å². The molecule has 0 saturated heterocycles. The first-order valence-corrected chi connectivity index (χ1v) is 10.1. The van der Waals surface area contributed by atoms with Crippen molar-refractivity contribution in [1.29, 1.82) is 5.26 Å². The molecule has 0 aliphatic rings. The van der Waals surface area contributed by atoms with Crippen LogP contribution in [-0.2, 0) is 9.53 Å². The van der Waals surface area contributed by atoms with Gasteiger partial charge in [0.25, 0.3) is 5.91 Å². The van der Waals surface area contributed by atoms with Crippen molar-refractivity contribution in [3.05, 3.63) is 65.7 Å². The van der Waals surface area contributed by atoms with Crippen molar-refractivity contribution in [2.24, 2.45) is 0 Å². The third-order valence-electron chi connectivity index (χ3n) is 3.52. The molecule has 1 heterocycles. The molecule has 3 rings (SSSR count). The van der Waals surface area contributed by atoms with E-state index in [0.29, 0.717) is 10.7 Å². The van der Waals surface area contributed by atoms with Gasteiger partial charge in [0, 0.05) is 15.8 Å². The highest BCUT2D eigenvalue weighted by Crippen LogP contribution is 2.26. The van der Waals surface area contributed by atoms with Crippen molar-refractivity contribution in [1.82, 2.24) is 4.98 Å². The molecule has 0 bridgehead atoms. The number of amides is 1. The molecule has 0 aliphatic heterocycles. The molecule has 1 N–H and O–H groups in total. The zero-order valence-electron chi connectivity index (χ0n) is 14.6. The zero-order chi connectivity index (χ0) is 19.8. The third kappa shape index (κ3) is 5.19. The number of hydrogen-bond acceptors (Lipinski definition) is 7. The fourth-order valence-electron chi connectivity index (χ4n) is 2.28.